The fourth-order valence-electron chi connectivity index (χ4n) is 3.30. The number of piperazine rings is 1. The minimum atomic E-state index is 0. The Morgan fingerprint density at radius 3 is 2.69 bits per heavy atom. The number of halogens is 1. The highest BCUT2D eigenvalue weighted by molar-refractivity contribution is 14.0. The summed E-state index contributed by atoms with van der Waals surface area (Å²) in [5, 5.41) is 8.89. The van der Waals surface area contributed by atoms with E-state index in [-0.39, 0.29) is 24.0 Å². The van der Waals surface area contributed by atoms with Gasteiger partial charge < -0.3 is 20.4 Å². The fourth-order valence-corrected chi connectivity index (χ4v) is 4.01. The van der Waals surface area contributed by atoms with Crippen LogP contribution in [0.2, 0.25) is 0 Å². The summed E-state index contributed by atoms with van der Waals surface area (Å²) in [7, 11) is 0. The van der Waals surface area contributed by atoms with Crippen molar-refractivity contribution in [3.05, 3.63) is 46.3 Å². The number of nitrogens with one attached hydrogen (secondary N) is 2. The molecule has 3 rings (SSSR count). The van der Waals surface area contributed by atoms with Gasteiger partial charge in [-0.1, -0.05) is 13.0 Å². The van der Waals surface area contributed by atoms with E-state index >= 15 is 0 Å². The van der Waals surface area contributed by atoms with Gasteiger partial charge in [0.1, 0.15) is 5.82 Å². The molecule has 0 bridgehead atoms. The van der Waals surface area contributed by atoms with Crippen LogP contribution >= 0.6 is 35.3 Å². The van der Waals surface area contributed by atoms with Crippen LogP contribution in [-0.4, -0.2) is 61.7 Å². The maximum Gasteiger partial charge on any atom is 0.191 e. The van der Waals surface area contributed by atoms with Crippen LogP contribution in [0.25, 0.3) is 0 Å². The first kappa shape index (κ1) is 23.9. The molecule has 2 aromatic rings. The van der Waals surface area contributed by atoms with Crippen LogP contribution in [0.1, 0.15) is 24.3 Å². The minimum Gasteiger partial charge on any atom is -0.357 e. The summed E-state index contributed by atoms with van der Waals surface area (Å²) >= 11 is 1.80. The van der Waals surface area contributed by atoms with Crippen molar-refractivity contribution in [3.63, 3.8) is 0 Å². The summed E-state index contributed by atoms with van der Waals surface area (Å²) in [4.78, 5) is 15.6. The maximum absolute atomic E-state index is 4.76. The molecule has 6 nitrogen and oxygen atoms in total. The van der Waals surface area contributed by atoms with Gasteiger partial charge in [0.05, 0.1) is 6.54 Å². The van der Waals surface area contributed by atoms with Crippen LogP contribution in [0.5, 0.6) is 0 Å². The topological polar surface area (TPSA) is 55.8 Å². The standard InChI is InChI=1S/C21H32N6S.HI/c1-3-22-21(24-10-8-19-6-5-15-28-19)25-17-18-7-9-23-20(16-18)27-13-11-26(4-2)12-14-27;/h5-7,9,15-16H,3-4,8,10-14,17H2,1-2H3,(H2,22,24,25);1H. The molecule has 0 saturated carbocycles. The van der Waals surface area contributed by atoms with Crippen LogP contribution in [0.4, 0.5) is 5.82 Å². The second-order valence-corrected chi connectivity index (χ2v) is 7.93. The zero-order valence-corrected chi connectivity index (χ0v) is 20.6. The van der Waals surface area contributed by atoms with E-state index in [1.165, 1.54) is 10.4 Å². The molecule has 1 saturated heterocycles. The van der Waals surface area contributed by atoms with Crippen molar-refractivity contribution < 1.29 is 0 Å². The summed E-state index contributed by atoms with van der Waals surface area (Å²) < 4.78 is 0. The molecule has 1 fully saturated rings. The molecule has 0 spiro atoms. The summed E-state index contributed by atoms with van der Waals surface area (Å²) in [6, 6.07) is 8.52. The number of nitrogens with zero attached hydrogens (tertiary/aromatic N) is 4. The van der Waals surface area contributed by atoms with Gasteiger partial charge in [0.25, 0.3) is 0 Å². The average molecular weight is 529 g/mol. The lowest BCUT2D eigenvalue weighted by molar-refractivity contribution is 0.270. The molecule has 29 heavy (non-hydrogen) atoms. The third-order valence-electron chi connectivity index (χ3n) is 4.96. The maximum atomic E-state index is 4.76. The zero-order valence-electron chi connectivity index (χ0n) is 17.4. The Morgan fingerprint density at radius 2 is 2.00 bits per heavy atom. The third-order valence-corrected chi connectivity index (χ3v) is 5.90. The number of pyridine rings is 1. The highest BCUT2D eigenvalue weighted by Gasteiger charge is 2.16. The smallest absolute Gasteiger partial charge is 0.191 e. The molecule has 160 valence electrons. The summed E-state index contributed by atoms with van der Waals surface area (Å²) in [6.07, 6.45) is 2.93. The minimum absolute atomic E-state index is 0. The van der Waals surface area contributed by atoms with Crippen LogP contribution in [-0.2, 0) is 13.0 Å². The SMILES string of the molecule is CCNC(=NCc1ccnc(N2CCN(CC)CC2)c1)NCCc1cccs1.I. The molecule has 2 N–H and O–H groups in total. The molecule has 0 amide bonds. The number of guanidine groups is 1. The summed E-state index contributed by atoms with van der Waals surface area (Å²) in [5.74, 6) is 1.94. The van der Waals surface area contributed by atoms with Gasteiger partial charge >= 0.3 is 0 Å². The number of hydrogen-bond donors (Lipinski definition) is 2. The van der Waals surface area contributed by atoms with Crippen molar-refractivity contribution in [2.45, 2.75) is 26.8 Å². The molecule has 8 heteroatoms. The normalized spacial score (nSPS) is 15.1. The van der Waals surface area contributed by atoms with Gasteiger partial charge in [-0.25, -0.2) is 9.98 Å². The van der Waals surface area contributed by atoms with E-state index in [0.717, 1.165) is 64.0 Å². The number of aliphatic imine (C=N–C) groups is 1. The van der Waals surface area contributed by atoms with E-state index in [4.69, 9.17) is 4.99 Å². The number of anilines is 1. The van der Waals surface area contributed by atoms with E-state index in [2.05, 4.69) is 68.9 Å². The van der Waals surface area contributed by atoms with E-state index < -0.39 is 0 Å². The van der Waals surface area contributed by atoms with E-state index in [1.54, 1.807) is 11.3 Å². The zero-order chi connectivity index (χ0) is 19.6. The van der Waals surface area contributed by atoms with Crippen molar-refractivity contribution in [1.82, 2.24) is 20.5 Å². The van der Waals surface area contributed by atoms with Crippen molar-refractivity contribution in [1.29, 1.82) is 0 Å². The predicted octanol–water partition coefficient (Wildman–Crippen LogP) is 3.20. The van der Waals surface area contributed by atoms with Crippen LogP contribution in [0.15, 0.2) is 40.8 Å². The number of aromatic nitrogens is 1. The number of likely N-dealkylation sites (N-methyl/N-ethyl adjacent to an activating group) is 1. The average Bonchev–Trinajstić information content (AvgIpc) is 3.26. The Bertz CT molecular complexity index is 729. The first-order valence-corrected chi connectivity index (χ1v) is 11.1. The Hall–Kier alpha value is -1.39. The quantitative estimate of drug-likeness (QED) is 0.313. The van der Waals surface area contributed by atoms with Crippen molar-refractivity contribution in [2.24, 2.45) is 4.99 Å². The number of thiophene rings is 1. The largest absolute Gasteiger partial charge is 0.357 e. The van der Waals surface area contributed by atoms with Gasteiger partial charge in [0.2, 0.25) is 0 Å². The van der Waals surface area contributed by atoms with Gasteiger partial charge in [0, 0.05) is 50.3 Å². The van der Waals surface area contributed by atoms with Gasteiger partial charge in [0.15, 0.2) is 5.96 Å². The van der Waals surface area contributed by atoms with E-state index in [1.807, 2.05) is 6.20 Å². The predicted molar refractivity (Wildman–Crippen MR) is 135 cm³/mol. The van der Waals surface area contributed by atoms with Crippen molar-refractivity contribution >= 4 is 47.1 Å². The van der Waals surface area contributed by atoms with Gasteiger partial charge in [-0.15, -0.1) is 35.3 Å². The van der Waals surface area contributed by atoms with Crippen LogP contribution < -0.4 is 15.5 Å². The fraction of sp³-hybridized carbons (Fsp3) is 0.524. The monoisotopic (exact) mass is 528 g/mol. The van der Waals surface area contributed by atoms with Crippen molar-refractivity contribution in [3.8, 4) is 0 Å². The highest BCUT2D eigenvalue weighted by atomic mass is 127. The Labute approximate surface area is 195 Å². The first-order valence-electron chi connectivity index (χ1n) is 10.2. The molecule has 2 aromatic heterocycles. The summed E-state index contributed by atoms with van der Waals surface area (Å²) in [5.41, 5.74) is 1.19. The molecule has 3 heterocycles. The van der Waals surface area contributed by atoms with E-state index in [9.17, 15) is 0 Å². The second kappa shape index (κ2) is 13.0. The van der Waals surface area contributed by atoms with Crippen LogP contribution in [0.3, 0.4) is 0 Å². The molecule has 0 unspecified atom stereocenters. The second-order valence-electron chi connectivity index (χ2n) is 6.89. The number of rotatable bonds is 8. The van der Waals surface area contributed by atoms with Gasteiger partial charge in [-0.2, -0.15) is 0 Å². The Kier molecular flexibility index (Phi) is 10.7. The highest BCUT2D eigenvalue weighted by Crippen LogP contribution is 2.15. The lowest BCUT2D eigenvalue weighted by Crippen LogP contribution is -2.46. The molecule has 0 aliphatic carbocycles. The summed E-state index contributed by atoms with van der Waals surface area (Å²) in [6.45, 7) is 12.1. The Balaban J connectivity index is 0.00000300. The number of hydrogen-bond acceptors (Lipinski definition) is 5. The van der Waals surface area contributed by atoms with Gasteiger partial charge in [-0.3, -0.25) is 0 Å². The molecule has 0 radical (unpaired) electrons. The molecular weight excluding hydrogens is 495 g/mol. The molecule has 0 aromatic carbocycles. The molecule has 0 atom stereocenters. The molecular formula is C21H33IN6S. The van der Waals surface area contributed by atoms with Crippen LogP contribution in [0, 0.1) is 0 Å². The Morgan fingerprint density at radius 1 is 1.17 bits per heavy atom. The van der Waals surface area contributed by atoms with Gasteiger partial charge in [-0.05, 0) is 49.0 Å². The van der Waals surface area contributed by atoms with Crippen molar-refractivity contribution in [2.75, 3.05) is 50.7 Å². The van der Waals surface area contributed by atoms with E-state index in [0.29, 0.717) is 6.54 Å². The lowest BCUT2D eigenvalue weighted by atomic mass is 10.2. The third kappa shape index (κ3) is 7.75. The molecule has 1 aliphatic heterocycles. The lowest BCUT2D eigenvalue weighted by Gasteiger charge is -2.34. The molecule has 1 aliphatic rings. The first-order chi connectivity index (χ1) is 13.8.